The summed E-state index contributed by atoms with van der Waals surface area (Å²) < 4.78 is 14.4. The molecular formula is C19H22FN. The van der Waals surface area contributed by atoms with Gasteiger partial charge in [0.1, 0.15) is 5.82 Å². The van der Waals surface area contributed by atoms with Crippen LogP contribution in [0.3, 0.4) is 0 Å². The zero-order chi connectivity index (χ0) is 14.8. The molecule has 0 aliphatic heterocycles. The molecule has 1 atom stereocenters. The Morgan fingerprint density at radius 3 is 2.52 bits per heavy atom. The predicted molar refractivity (Wildman–Crippen MR) is 85.9 cm³/mol. The van der Waals surface area contributed by atoms with Crippen molar-refractivity contribution in [3.63, 3.8) is 0 Å². The van der Waals surface area contributed by atoms with Gasteiger partial charge < -0.3 is 5.32 Å². The van der Waals surface area contributed by atoms with Crippen LogP contribution in [-0.2, 0) is 0 Å². The number of rotatable bonds is 4. The van der Waals surface area contributed by atoms with Crippen molar-refractivity contribution in [3.8, 4) is 11.1 Å². The van der Waals surface area contributed by atoms with Crippen LogP contribution in [-0.4, -0.2) is 7.05 Å². The van der Waals surface area contributed by atoms with Gasteiger partial charge in [-0.05, 0) is 61.6 Å². The SMILES string of the molecule is CNC(C)c1ccc(F)c(-c2ccccc2C2CCC2)c1. The van der Waals surface area contributed by atoms with Crippen LogP contribution in [0.5, 0.6) is 0 Å². The van der Waals surface area contributed by atoms with E-state index in [2.05, 4.69) is 30.4 Å². The van der Waals surface area contributed by atoms with E-state index < -0.39 is 0 Å². The van der Waals surface area contributed by atoms with Crippen molar-refractivity contribution in [1.82, 2.24) is 5.32 Å². The quantitative estimate of drug-likeness (QED) is 0.828. The molecule has 2 heteroatoms. The van der Waals surface area contributed by atoms with E-state index in [1.165, 1.54) is 24.8 Å². The molecule has 1 saturated carbocycles. The lowest BCUT2D eigenvalue weighted by atomic mass is 9.77. The van der Waals surface area contributed by atoms with E-state index in [0.29, 0.717) is 5.92 Å². The molecule has 1 aliphatic carbocycles. The third kappa shape index (κ3) is 2.73. The Morgan fingerprint density at radius 1 is 1.10 bits per heavy atom. The molecule has 21 heavy (non-hydrogen) atoms. The lowest BCUT2D eigenvalue weighted by Gasteiger charge is -2.28. The summed E-state index contributed by atoms with van der Waals surface area (Å²) >= 11 is 0. The summed E-state index contributed by atoms with van der Waals surface area (Å²) in [6.45, 7) is 2.09. The molecule has 0 spiro atoms. The number of benzene rings is 2. The first-order chi connectivity index (χ1) is 10.2. The third-order valence-electron chi connectivity index (χ3n) is 4.72. The molecule has 0 radical (unpaired) electrons. The first-order valence-corrected chi connectivity index (χ1v) is 7.76. The Bertz CT molecular complexity index is 631. The fourth-order valence-electron chi connectivity index (χ4n) is 3.00. The minimum absolute atomic E-state index is 0.131. The Hall–Kier alpha value is -1.67. The highest BCUT2D eigenvalue weighted by atomic mass is 19.1. The molecule has 2 aromatic rings. The molecule has 0 saturated heterocycles. The lowest BCUT2D eigenvalue weighted by molar-refractivity contribution is 0.420. The molecule has 1 N–H and O–H groups in total. The lowest BCUT2D eigenvalue weighted by Crippen LogP contribution is -2.13. The number of halogens is 1. The standard InChI is InChI=1S/C19H22FN/c1-13(21-2)15-10-11-19(20)18(12-15)17-9-4-3-8-16(17)14-6-5-7-14/h3-4,8-14,21H,5-7H2,1-2H3. The molecule has 0 heterocycles. The Balaban J connectivity index is 2.07. The molecule has 0 bridgehead atoms. The molecule has 110 valence electrons. The van der Waals surface area contributed by atoms with E-state index in [0.717, 1.165) is 16.7 Å². The van der Waals surface area contributed by atoms with E-state index in [1.54, 1.807) is 6.07 Å². The molecule has 1 fully saturated rings. The zero-order valence-electron chi connectivity index (χ0n) is 12.7. The zero-order valence-corrected chi connectivity index (χ0v) is 12.7. The van der Waals surface area contributed by atoms with Crippen LogP contribution in [0, 0.1) is 5.82 Å². The Labute approximate surface area is 126 Å². The number of hydrogen-bond donors (Lipinski definition) is 1. The predicted octanol–water partition coefficient (Wildman–Crippen LogP) is 5.04. The number of nitrogens with one attached hydrogen (secondary N) is 1. The maximum atomic E-state index is 14.4. The van der Waals surface area contributed by atoms with E-state index in [9.17, 15) is 4.39 Å². The minimum atomic E-state index is -0.131. The van der Waals surface area contributed by atoms with Crippen molar-refractivity contribution in [2.24, 2.45) is 0 Å². The first-order valence-electron chi connectivity index (χ1n) is 7.76. The average molecular weight is 283 g/mol. The third-order valence-corrected chi connectivity index (χ3v) is 4.72. The van der Waals surface area contributed by atoms with Crippen molar-refractivity contribution in [3.05, 3.63) is 59.4 Å². The van der Waals surface area contributed by atoms with Crippen LogP contribution >= 0.6 is 0 Å². The van der Waals surface area contributed by atoms with E-state index in [1.807, 2.05) is 25.2 Å². The van der Waals surface area contributed by atoms with E-state index in [-0.39, 0.29) is 11.9 Å². The largest absolute Gasteiger partial charge is 0.313 e. The van der Waals surface area contributed by atoms with Crippen LogP contribution in [0.4, 0.5) is 4.39 Å². The normalized spacial score (nSPS) is 16.5. The molecule has 2 aromatic carbocycles. The van der Waals surface area contributed by atoms with Gasteiger partial charge >= 0.3 is 0 Å². The molecule has 1 unspecified atom stereocenters. The van der Waals surface area contributed by atoms with Gasteiger partial charge in [0.25, 0.3) is 0 Å². The average Bonchev–Trinajstić information content (AvgIpc) is 2.46. The molecule has 3 rings (SSSR count). The van der Waals surface area contributed by atoms with Crippen molar-refractivity contribution in [1.29, 1.82) is 0 Å². The topological polar surface area (TPSA) is 12.0 Å². The Morgan fingerprint density at radius 2 is 1.86 bits per heavy atom. The second kappa shape index (κ2) is 5.98. The van der Waals surface area contributed by atoms with Gasteiger partial charge in [-0.2, -0.15) is 0 Å². The van der Waals surface area contributed by atoms with Crippen molar-refractivity contribution >= 4 is 0 Å². The monoisotopic (exact) mass is 283 g/mol. The fourth-order valence-corrected chi connectivity index (χ4v) is 3.00. The van der Waals surface area contributed by atoms with Crippen LogP contribution in [0.1, 0.15) is 49.3 Å². The van der Waals surface area contributed by atoms with E-state index >= 15 is 0 Å². The van der Waals surface area contributed by atoms with Crippen LogP contribution in [0.25, 0.3) is 11.1 Å². The van der Waals surface area contributed by atoms with Crippen molar-refractivity contribution in [2.75, 3.05) is 7.05 Å². The van der Waals surface area contributed by atoms with Gasteiger partial charge in [0, 0.05) is 11.6 Å². The molecular weight excluding hydrogens is 261 g/mol. The highest BCUT2D eigenvalue weighted by Gasteiger charge is 2.23. The van der Waals surface area contributed by atoms with Gasteiger partial charge in [-0.25, -0.2) is 4.39 Å². The summed E-state index contributed by atoms with van der Waals surface area (Å²) in [5.74, 6) is 0.472. The maximum absolute atomic E-state index is 14.4. The van der Waals surface area contributed by atoms with Gasteiger partial charge in [-0.15, -0.1) is 0 Å². The van der Waals surface area contributed by atoms with Gasteiger partial charge in [-0.1, -0.05) is 36.8 Å². The molecule has 0 aromatic heterocycles. The smallest absolute Gasteiger partial charge is 0.131 e. The van der Waals surface area contributed by atoms with Crippen LogP contribution in [0.2, 0.25) is 0 Å². The van der Waals surface area contributed by atoms with Gasteiger partial charge in [0.15, 0.2) is 0 Å². The summed E-state index contributed by atoms with van der Waals surface area (Å²) in [5.41, 5.74) is 4.22. The Kier molecular flexibility index (Phi) is 4.07. The molecule has 0 amide bonds. The molecule has 1 nitrogen and oxygen atoms in total. The summed E-state index contributed by atoms with van der Waals surface area (Å²) in [7, 11) is 1.93. The van der Waals surface area contributed by atoms with E-state index in [4.69, 9.17) is 0 Å². The fraction of sp³-hybridized carbons (Fsp3) is 0.368. The second-order valence-electron chi connectivity index (χ2n) is 5.96. The van der Waals surface area contributed by atoms with Crippen LogP contribution in [0.15, 0.2) is 42.5 Å². The van der Waals surface area contributed by atoms with Crippen LogP contribution < -0.4 is 5.32 Å². The summed E-state index contributed by atoms with van der Waals surface area (Å²) in [5, 5.41) is 3.22. The summed E-state index contributed by atoms with van der Waals surface area (Å²) in [6.07, 6.45) is 3.74. The number of hydrogen-bond acceptors (Lipinski definition) is 1. The minimum Gasteiger partial charge on any atom is -0.313 e. The van der Waals surface area contributed by atoms with Gasteiger partial charge in [0.2, 0.25) is 0 Å². The summed E-state index contributed by atoms with van der Waals surface area (Å²) in [4.78, 5) is 0. The first kappa shape index (κ1) is 14.3. The van der Waals surface area contributed by atoms with Crippen molar-refractivity contribution in [2.45, 2.75) is 38.1 Å². The van der Waals surface area contributed by atoms with Crippen molar-refractivity contribution < 1.29 is 4.39 Å². The summed E-state index contributed by atoms with van der Waals surface area (Å²) in [6, 6.07) is 14.0. The van der Waals surface area contributed by atoms with Gasteiger partial charge in [-0.3, -0.25) is 0 Å². The molecule has 1 aliphatic rings. The van der Waals surface area contributed by atoms with Gasteiger partial charge in [0.05, 0.1) is 0 Å². The highest BCUT2D eigenvalue weighted by Crippen LogP contribution is 2.41. The highest BCUT2D eigenvalue weighted by molar-refractivity contribution is 5.69. The maximum Gasteiger partial charge on any atom is 0.131 e. The second-order valence-corrected chi connectivity index (χ2v) is 5.96.